The van der Waals surface area contributed by atoms with Crippen molar-refractivity contribution in [3.63, 3.8) is 0 Å². The molecule has 0 saturated heterocycles. The van der Waals surface area contributed by atoms with Crippen molar-refractivity contribution in [2.24, 2.45) is 0 Å². The van der Waals surface area contributed by atoms with Gasteiger partial charge in [0.05, 0.1) is 18.1 Å². The minimum atomic E-state index is -0.141. The maximum absolute atomic E-state index is 12.2. The van der Waals surface area contributed by atoms with Gasteiger partial charge in [0.2, 0.25) is 11.8 Å². The van der Waals surface area contributed by atoms with Gasteiger partial charge in [0.15, 0.2) is 5.82 Å². The van der Waals surface area contributed by atoms with Crippen molar-refractivity contribution in [1.29, 1.82) is 0 Å². The van der Waals surface area contributed by atoms with E-state index in [4.69, 9.17) is 20.9 Å². The SMILES string of the molecule is CCc1noc(CN(C)CC(=O)Nc2ccc(Oc3ccccc3Cl)cc2)n1. The number of carbonyl (C=O) groups excluding carboxylic acids is 1. The number of amides is 1. The number of hydrogen-bond acceptors (Lipinski definition) is 6. The second-order valence-corrected chi connectivity index (χ2v) is 6.64. The Morgan fingerprint density at radius 2 is 1.96 bits per heavy atom. The van der Waals surface area contributed by atoms with Gasteiger partial charge in [0, 0.05) is 12.1 Å². The predicted molar refractivity (Wildman–Crippen MR) is 107 cm³/mol. The van der Waals surface area contributed by atoms with Crippen molar-refractivity contribution >= 4 is 23.2 Å². The van der Waals surface area contributed by atoms with Crippen LogP contribution in [0.1, 0.15) is 18.6 Å². The van der Waals surface area contributed by atoms with E-state index in [1.54, 1.807) is 41.3 Å². The second-order valence-electron chi connectivity index (χ2n) is 6.24. The van der Waals surface area contributed by atoms with Crippen LogP contribution in [0.5, 0.6) is 11.5 Å². The Morgan fingerprint density at radius 3 is 2.64 bits per heavy atom. The number of nitrogens with one attached hydrogen (secondary N) is 1. The Labute approximate surface area is 168 Å². The van der Waals surface area contributed by atoms with Gasteiger partial charge in [-0.15, -0.1) is 0 Å². The quantitative estimate of drug-likeness (QED) is 0.611. The summed E-state index contributed by atoms with van der Waals surface area (Å²) in [6, 6.07) is 14.3. The van der Waals surface area contributed by atoms with Crippen LogP contribution >= 0.6 is 11.6 Å². The lowest BCUT2D eigenvalue weighted by atomic mass is 10.3. The van der Waals surface area contributed by atoms with Crippen LogP contribution < -0.4 is 10.1 Å². The minimum absolute atomic E-state index is 0.141. The zero-order chi connectivity index (χ0) is 19.9. The first-order valence-electron chi connectivity index (χ1n) is 8.86. The number of benzene rings is 2. The molecule has 0 bridgehead atoms. The van der Waals surface area contributed by atoms with Crippen molar-refractivity contribution in [2.75, 3.05) is 18.9 Å². The molecule has 1 N–H and O–H groups in total. The average molecular weight is 401 g/mol. The number of hydrogen-bond donors (Lipinski definition) is 1. The molecule has 0 aliphatic rings. The number of ether oxygens (including phenoxy) is 1. The van der Waals surface area contributed by atoms with E-state index in [9.17, 15) is 4.79 Å². The lowest BCUT2D eigenvalue weighted by molar-refractivity contribution is -0.117. The lowest BCUT2D eigenvalue weighted by Crippen LogP contribution is -2.29. The van der Waals surface area contributed by atoms with Crippen molar-refractivity contribution in [3.8, 4) is 11.5 Å². The van der Waals surface area contributed by atoms with Crippen molar-refractivity contribution < 1.29 is 14.1 Å². The highest BCUT2D eigenvalue weighted by Crippen LogP contribution is 2.29. The second kappa shape index (κ2) is 9.34. The van der Waals surface area contributed by atoms with E-state index < -0.39 is 0 Å². The molecule has 8 heteroatoms. The molecule has 3 aromatic rings. The number of nitrogens with zero attached hydrogens (tertiary/aromatic N) is 3. The van der Waals surface area contributed by atoms with E-state index >= 15 is 0 Å². The maximum Gasteiger partial charge on any atom is 0.240 e. The normalized spacial score (nSPS) is 10.9. The molecule has 1 aromatic heterocycles. The molecule has 0 aliphatic heterocycles. The molecular weight excluding hydrogens is 380 g/mol. The van der Waals surface area contributed by atoms with Crippen LogP contribution in [-0.4, -0.2) is 34.5 Å². The van der Waals surface area contributed by atoms with Crippen LogP contribution in [0.3, 0.4) is 0 Å². The summed E-state index contributed by atoms with van der Waals surface area (Å²) in [6.07, 6.45) is 0.712. The molecule has 28 heavy (non-hydrogen) atoms. The van der Waals surface area contributed by atoms with E-state index in [0.717, 1.165) is 0 Å². The maximum atomic E-state index is 12.2. The van der Waals surface area contributed by atoms with Gasteiger partial charge in [0.1, 0.15) is 11.5 Å². The summed E-state index contributed by atoms with van der Waals surface area (Å²) in [7, 11) is 1.82. The Kier molecular flexibility index (Phi) is 6.62. The third-order valence-corrected chi connectivity index (χ3v) is 4.16. The highest BCUT2D eigenvalue weighted by atomic mass is 35.5. The first-order chi connectivity index (χ1) is 13.5. The number of anilines is 1. The molecule has 7 nitrogen and oxygen atoms in total. The largest absolute Gasteiger partial charge is 0.456 e. The van der Waals surface area contributed by atoms with E-state index in [0.29, 0.717) is 46.9 Å². The lowest BCUT2D eigenvalue weighted by Gasteiger charge is -2.14. The summed E-state index contributed by atoms with van der Waals surface area (Å²) in [5, 5.41) is 7.23. The highest BCUT2D eigenvalue weighted by Gasteiger charge is 2.12. The molecule has 0 fully saturated rings. The first-order valence-corrected chi connectivity index (χ1v) is 9.23. The predicted octanol–water partition coefficient (Wildman–Crippen LogP) is 4.15. The van der Waals surface area contributed by atoms with Gasteiger partial charge in [-0.2, -0.15) is 4.98 Å². The molecule has 0 saturated carbocycles. The third kappa shape index (κ3) is 5.55. The third-order valence-electron chi connectivity index (χ3n) is 3.85. The molecular formula is C20H21ClN4O3. The van der Waals surface area contributed by atoms with Crippen molar-refractivity contribution in [2.45, 2.75) is 19.9 Å². The number of rotatable bonds is 8. The van der Waals surface area contributed by atoms with Gasteiger partial charge in [0.25, 0.3) is 0 Å². The number of para-hydroxylation sites is 1. The Morgan fingerprint density at radius 1 is 1.21 bits per heavy atom. The number of aromatic nitrogens is 2. The topological polar surface area (TPSA) is 80.5 Å². The molecule has 3 rings (SSSR count). The average Bonchev–Trinajstić information content (AvgIpc) is 3.12. The van der Waals surface area contributed by atoms with Gasteiger partial charge in [-0.25, -0.2) is 0 Å². The Bertz CT molecular complexity index is 927. The molecule has 0 spiro atoms. The van der Waals surface area contributed by atoms with E-state index in [1.165, 1.54) is 0 Å². The highest BCUT2D eigenvalue weighted by molar-refractivity contribution is 6.32. The fourth-order valence-electron chi connectivity index (χ4n) is 2.49. The standard InChI is InChI=1S/C20H21ClN4O3/c1-3-18-23-20(28-24-18)13-25(2)12-19(26)22-14-8-10-15(11-9-14)27-17-7-5-4-6-16(17)21/h4-11H,3,12-13H2,1-2H3,(H,22,26). The van der Waals surface area contributed by atoms with Crippen LogP contribution in [0.25, 0.3) is 0 Å². The van der Waals surface area contributed by atoms with Crippen LogP contribution in [0.2, 0.25) is 5.02 Å². The van der Waals surface area contributed by atoms with Crippen LogP contribution in [0.4, 0.5) is 5.69 Å². The van der Waals surface area contributed by atoms with Crippen molar-refractivity contribution in [1.82, 2.24) is 15.0 Å². The molecule has 1 heterocycles. The molecule has 146 valence electrons. The molecule has 1 amide bonds. The number of carbonyl (C=O) groups is 1. The zero-order valence-electron chi connectivity index (χ0n) is 15.7. The Hall–Kier alpha value is -2.90. The van der Waals surface area contributed by atoms with Gasteiger partial charge in [-0.05, 0) is 43.4 Å². The van der Waals surface area contributed by atoms with E-state index in [2.05, 4.69) is 15.5 Å². The number of likely N-dealkylation sites (N-methyl/N-ethyl adjacent to an activating group) is 1. The number of aryl methyl sites for hydroxylation is 1. The summed E-state index contributed by atoms with van der Waals surface area (Å²) >= 11 is 6.09. The zero-order valence-corrected chi connectivity index (χ0v) is 16.4. The summed E-state index contributed by atoms with van der Waals surface area (Å²) in [6.45, 7) is 2.56. The molecule has 2 aromatic carbocycles. The van der Waals surface area contributed by atoms with Gasteiger partial charge >= 0.3 is 0 Å². The first kappa shape index (κ1) is 19.9. The van der Waals surface area contributed by atoms with Crippen LogP contribution in [0, 0.1) is 0 Å². The monoisotopic (exact) mass is 400 g/mol. The molecule has 0 aliphatic carbocycles. The Balaban J connectivity index is 1.50. The van der Waals surface area contributed by atoms with Crippen LogP contribution in [0.15, 0.2) is 53.1 Å². The molecule has 0 unspecified atom stereocenters. The molecule has 0 atom stereocenters. The van der Waals surface area contributed by atoms with Gasteiger partial charge < -0.3 is 14.6 Å². The smallest absolute Gasteiger partial charge is 0.240 e. The van der Waals surface area contributed by atoms with Gasteiger partial charge in [-0.1, -0.05) is 35.8 Å². The summed E-state index contributed by atoms with van der Waals surface area (Å²) < 4.78 is 10.9. The van der Waals surface area contributed by atoms with E-state index in [-0.39, 0.29) is 12.5 Å². The van der Waals surface area contributed by atoms with Crippen molar-refractivity contribution in [3.05, 3.63) is 65.3 Å². The van der Waals surface area contributed by atoms with Crippen LogP contribution in [-0.2, 0) is 17.8 Å². The summed E-state index contributed by atoms with van der Waals surface area (Å²) in [4.78, 5) is 18.3. The van der Waals surface area contributed by atoms with Gasteiger partial charge in [-0.3, -0.25) is 9.69 Å². The number of halogens is 1. The molecule has 0 radical (unpaired) electrons. The fraction of sp³-hybridized carbons (Fsp3) is 0.250. The fourth-order valence-corrected chi connectivity index (χ4v) is 2.67. The van der Waals surface area contributed by atoms with E-state index in [1.807, 2.05) is 26.1 Å². The summed E-state index contributed by atoms with van der Waals surface area (Å²) in [5.74, 6) is 2.22. The minimum Gasteiger partial charge on any atom is -0.456 e. The summed E-state index contributed by atoms with van der Waals surface area (Å²) in [5.41, 5.74) is 0.677.